The highest BCUT2D eigenvalue weighted by Gasteiger charge is 2.39. The van der Waals surface area contributed by atoms with Crippen LogP contribution < -0.4 is 5.32 Å². The van der Waals surface area contributed by atoms with Gasteiger partial charge in [0.25, 0.3) is 0 Å². The van der Waals surface area contributed by atoms with Crippen LogP contribution in [-0.2, 0) is 16.1 Å². The van der Waals surface area contributed by atoms with E-state index in [9.17, 15) is 4.79 Å². The van der Waals surface area contributed by atoms with Gasteiger partial charge in [-0.2, -0.15) is 0 Å². The molecule has 2 rings (SSSR count). The number of hydrogen-bond donors (Lipinski definition) is 1. The van der Waals surface area contributed by atoms with Gasteiger partial charge in [0.1, 0.15) is 0 Å². The second-order valence-corrected chi connectivity index (χ2v) is 6.49. The van der Waals surface area contributed by atoms with E-state index in [-0.39, 0.29) is 23.3 Å². The van der Waals surface area contributed by atoms with E-state index in [2.05, 4.69) is 31.3 Å². The highest BCUT2D eigenvalue weighted by Crippen LogP contribution is 2.34. The molecule has 1 aliphatic rings. The van der Waals surface area contributed by atoms with E-state index in [0.29, 0.717) is 6.42 Å². The first kappa shape index (κ1) is 15.9. The largest absolute Gasteiger partial charge is 0.379 e. The fourth-order valence-corrected chi connectivity index (χ4v) is 3.05. The van der Waals surface area contributed by atoms with Gasteiger partial charge in [-0.25, -0.2) is 0 Å². The third-order valence-electron chi connectivity index (χ3n) is 4.22. The number of hydrogen-bond acceptors (Lipinski definition) is 3. The summed E-state index contributed by atoms with van der Waals surface area (Å²) in [6.07, 6.45) is 2.52. The van der Waals surface area contributed by atoms with E-state index >= 15 is 0 Å². The normalized spacial score (nSPS) is 25.3. The van der Waals surface area contributed by atoms with Crippen LogP contribution >= 0.6 is 0 Å². The van der Waals surface area contributed by atoms with Crippen molar-refractivity contribution in [3.8, 4) is 0 Å². The summed E-state index contributed by atoms with van der Waals surface area (Å²) in [5.74, 6) is 0.214. The number of nitrogens with one attached hydrogen (secondary N) is 1. The molecule has 21 heavy (non-hydrogen) atoms. The molecule has 2 atom stereocenters. The van der Waals surface area contributed by atoms with Crippen LogP contribution in [0.1, 0.15) is 32.8 Å². The Morgan fingerprint density at radius 1 is 1.29 bits per heavy atom. The fraction of sp³-hybridized carbons (Fsp3) is 0.500. The van der Waals surface area contributed by atoms with Crippen LogP contribution in [0, 0.1) is 5.41 Å². The topological polar surface area (TPSA) is 38.3 Å². The van der Waals surface area contributed by atoms with Crippen LogP contribution in [0.15, 0.2) is 42.0 Å². The molecule has 0 aliphatic heterocycles. The highest BCUT2D eigenvalue weighted by atomic mass is 16.5. The van der Waals surface area contributed by atoms with Crippen molar-refractivity contribution in [1.29, 1.82) is 0 Å². The number of ether oxygens (including phenoxy) is 1. The Kier molecular flexibility index (Phi) is 4.96. The van der Waals surface area contributed by atoms with Gasteiger partial charge in [0, 0.05) is 20.1 Å². The number of rotatable bonds is 4. The molecule has 2 unspecified atom stereocenters. The highest BCUT2D eigenvalue weighted by molar-refractivity contribution is 5.95. The standard InChI is InChI=1S/C18H25NO2/c1-13-10-15(19-12-14-8-6-5-7-9-14)17(21-4)18(2,3)11-16(13)20/h5-10,15,17,19H,11-12H2,1-4H3. The van der Waals surface area contributed by atoms with E-state index < -0.39 is 0 Å². The lowest BCUT2D eigenvalue weighted by molar-refractivity contribution is -0.119. The molecule has 1 aromatic carbocycles. The van der Waals surface area contributed by atoms with Gasteiger partial charge in [-0.1, -0.05) is 50.3 Å². The van der Waals surface area contributed by atoms with Crippen molar-refractivity contribution < 1.29 is 9.53 Å². The molecule has 0 spiro atoms. The van der Waals surface area contributed by atoms with Crippen LogP contribution in [-0.4, -0.2) is 25.0 Å². The maximum Gasteiger partial charge on any atom is 0.158 e. The molecule has 0 bridgehead atoms. The molecule has 1 aromatic rings. The number of Topliss-reactive ketones (excluding diaryl/α,β-unsaturated/α-hetero) is 1. The molecular weight excluding hydrogens is 262 g/mol. The van der Waals surface area contributed by atoms with Gasteiger partial charge >= 0.3 is 0 Å². The molecule has 0 saturated carbocycles. The van der Waals surface area contributed by atoms with Gasteiger partial charge < -0.3 is 10.1 Å². The second-order valence-electron chi connectivity index (χ2n) is 6.49. The van der Waals surface area contributed by atoms with Crippen molar-refractivity contribution in [3.63, 3.8) is 0 Å². The predicted octanol–water partition coefficient (Wildman–Crippen LogP) is 3.11. The first-order valence-corrected chi connectivity index (χ1v) is 7.46. The molecule has 0 fully saturated rings. The van der Waals surface area contributed by atoms with Crippen molar-refractivity contribution in [1.82, 2.24) is 5.32 Å². The molecule has 3 nitrogen and oxygen atoms in total. The Hall–Kier alpha value is -1.45. The predicted molar refractivity (Wildman–Crippen MR) is 85.0 cm³/mol. The van der Waals surface area contributed by atoms with Crippen molar-refractivity contribution >= 4 is 5.78 Å². The fourth-order valence-electron chi connectivity index (χ4n) is 3.05. The van der Waals surface area contributed by atoms with Gasteiger partial charge in [-0.05, 0) is 23.5 Å². The summed E-state index contributed by atoms with van der Waals surface area (Å²) in [5, 5.41) is 3.53. The number of carbonyl (C=O) groups excluding carboxylic acids is 1. The summed E-state index contributed by atoms with van der Waals surface area (Å²) in [6, 6.07) is 10.3. The Bertz CT molecular complexity index is 519. The minimum atomic E-state index is -0.186. The van der Waals surface area contributed by atoms with Crippen LogP contribution in [0.25, 0.3) is 0 Å². The van der Waals surface area contributed by atoms with Crippen LogP contribution in [0.2, 0.25) is 0 Å². The average Bonchev–Trinajstić information content (AvgIpc) is 2.52. The smallest absolute Gasteiger partial charge is 0.158 e. The zero-order chi connectivity index (χ0) is 15.5. The van der Waals surface area contributed by atoms with Crippen LogP contribution in [0.3, 0.4) is 0 Å². The SMILES string of the molecule is COC1C(NCc2ccccc2)C=C(C)C(=O)CC1(C)C. The van der Waals surface area contributed by atoms with Gasteiger partial charge in [0.15, 0.2) is 5.78 Å². The van der Waals surface area contributed by atoms with Crippen LogP contribution in [0.4, 0.5) is 0 Å². The number of ketones is 1. The molecule has 0 amide bonds. The van der Waals surface area contributed by atoms with Crippen molar-refractivity contribution in [2.75, 3.05) is 7.11 Å². The Morgan fingerprint density at radius 3 is 2.57 bits per heavy atom. The number of methoxy groups -OCH3 is 1. The zero-order valence-corrected chi connectivity index (χ0v) is 13.3. The number of benzene rings is 1. The maximum atomic E-state index is 12.2. The lowest BCUT2D eigenvalue weighted by atomic mass is 9.79. The summed E-state index contributed by atoms with van der Waals surface area (Å²) < 4.78 is 5.72. The lowest BCUT2D eigenvalue weighted by Crippen LogP contribution is -2.47. The van der Waals surface area contributed by atoms with Gasteiger partial charge in [-0.3, -0.25) is 4.79 Å². The Balaban J connectivity index is 2.18. The Morgan fingerprint density at radius 2 is 1.95 bits per heavy atom. The quantitative estimate of drug-likeness (QED) is 0.924. The lowest BCUT2D eigenvalue weighted by Gasteiger charge is -2.36. The van der Waals surface area contributed by atoms with Crippen molar-refractivity contribution in [2.45, 2.75) is 45.9 Å². The number of allylic oxidation sites excluding steroid dienone is 1. The molecule has 0 heterocycles. The van der Waals surface area contributed by atoms with E-state index in [0.717, 1.165) is 12.1 Å². The molecule has 0 radical (unpaired) electrons. The minimum Gasteiger partial charge on any atom is -0.379 e. The summed E-state index contributed by atoms with van der Waals surface area (Å²) in [4.78, 5) is 12.2. The molecule has 1 N–H and O–H groups in total. The molecule has 0 saturated heterocycles. The summed E-state index contributed by atoms with van der Waals surface area (Å²) >= 11 is 0. The van der Waals surface area contributed by atoms with E-state index in [4.69, 9.17) is 4.74 Å². The monoisotopic (exact) mass is 287 g/mol. The maximum absolute atomic E-state index is 12.2. The Labute approximate surface area is 127 Å². The molecule has 0 aromatic heterocycles. The van der Waals surface area contributed by atoms with Crippen molar-refractivity contribution in [2.24, 2.45) is 5.41 Å². The summed E-state index contributed by atoms with van der Waals surface area (Å²) in [5.41, 5.74) is 1.87. The summed E-state index contributed by atoms with van der Waals surface area (Å²) in [6.45, 7) is 6.86. The molecule has 114 valence electrons. The molecule has 1 aliphatic carbocycles. The second kappa shape index (κ2) is 6.54. The van der Waals surface area contributed by atoms with Crippen LogP contribution in [0.5, 0.6) is 0 Å². The molecular formula is C18H25NO2. The summed E-state index contributed by atoms with van der Waals surface area (Å²) in [7, 11) is 1.72. The first-order chi connectivity index (χ1) is 9.94. The van der Waals surface area contributed by atoms with Gasteiger partial charge in [0.05, 0.1) is 12.1 Å². The van der Waals surface area contributed by atoms with E-state index in [1.165, 1.54) is 5.56 Å². The van der Waals surface area contributed by atoms with E-state index in [1.807, 2.05) is 31.2 Å². The van der Waals surface area contributed by atoms with Gasteiger partial charge in [-0.15, -0.1) is 0 Å². The first-order valence-electron chi connectivity index (χ1n) is 7.46. The minimum absolute atomic E-state index is 0.0254. The number of carbonyl (C=O) groups is 1. The molecule has 3 heteroatoms. The third-order valence-corrected chi connectivity index (χ3v) is 4.22. The average molecular weight is 287 g/mol. The third kappa shape index (κ3) is 3.80. The van der Waals surface area contributed by atoms with Crippen molar-refractivity contribution in [3.05, 3.63) is 47.5 Å². The van der Waals surface area contributed by atoms with E-state index in [1.54, 1.807) is 7.11 Å². The zero-order valence-electron chi connectivity index (χ0n) is 13.3. The van der Waals surface area contributed by atoms with Gasteiger partial charge in [0.2, 0.25) is 0 Å².